The van der Waals surface area contributed by atoms with Gasteiger partial charge in [0.15, 0.2) is 0 Å². The number of aldehydes is 1. The minimum Gasteiger partial charge on any atom is -0.520 e. The molecule has 4 amide bonds. The number of rotatable bonds is 19. The summed E-state index contributed by atoms with van der Waals surface area (Å²) in [6, 6.07) is 32.1. The van der Waals surface area contributed by atoms with E-state index in [4.69, 9.17) is 32.8 Å². The van der Waals surface area contributed by atoms with Gasteiger partial charge in [-0.1, -0.05) is 90.8 Å². The maximum Gasteiger partial charge on any atom is 0.246 e. The van der Waals surface area contributed by atoms with Gasteiger partial charge in [-0.2, -0.15) is 0 Å². The molecule has 0 spiro atoms. The molecule has 4 bridgehead atoms. The number of ether oxygens (including phenoxy) is 1. The van der Waals surface area contributed by atoms with Gasteiger partial charge >= 0.3 is 0 Å². The van der Waals surface area contributed by atoms with Crippen LogP contribution in [0.2, 0.25) is 10.0 Å². The number of methoxy groups -OCH3 is 1. The summed E-state index contributed by atoms with van der Waals surface area (Å²) in [7, 11) is 3.66. The van der Waals surface area contributed by atoms with Crippen LogP contribution in [-0.4, -0.2) is 102 Å². The number of likely N-dealkylation sites (tertiary alicyclic amines) is 1. The Morgan fingerprint density at radius 3 is 1.81 bits per heavy atom. The number of benzene rings is 4. The van der Waals surface area contributed by atoms with E-state index in [2.05, 4.69) is 98.1 Å². The van der Waals surface area contributed by atoms with Gasteiger partial charge in [-0.25, -0.2) is 0 Å². The van der Waals surface area contributed by atoms with Crippen LogP contribution in [0.25, 0.3) is 27.7 Å². The van der Waals surface area contributed by atoms with Crippen molar-refractivity contribution in [1.82, 2.24) is 25.1 Å². The molecule has 11 rings (SSSR count). The van der Waals surface area contributed by atoms with Crippen LogP contribution in [0.15, 0.2) is 122 Å². The van der Waals surface area contributed by atoms with Crippen LogP contribution in [0.5, 0.6) is 0 Å². The first-order valence-electron chi connectivity index (χ1n) is 27.2. The molecule has 429 valence electrons. The first-order valence-corrected chi connectivity index (χ1v) is 28.0. The molecule has 18 heteroatoms. The first kappa shape index (κ1) is 67.6. The third-order valence-corrected chi connectivity index (χ3v) is 13.9. The predicted octanol–water partition coefficient (Wildman–Crippen LogP) is 12.4. The van der Waals surface area contributed by atoms with E-state index in [1.54, 1.807) is 48.4 Å². The van der Waals surface area contributed by atoms with Gasteiger partial charge in [-0.15, -0.1) is 0 Å². The van der Waals surface area contributed by atoms with E-state index in [1.165, 1.54) is 51.3 Å². The fourth-order valence-corrected chi connectivity index (χ4v) is 9.29. The van der Waals surface area contributed by atoms with Gasteiger partial charge in [-0.05, 0) is 185 Å². The van der Waals surface area contributed by atoms with Gasteiger partial charge in [0.1, 0.15) is 12.3 Å². The zero-order valence-corrected chi connectivity index (χ0v) is 52.4. The van der Waals surface area contributed by atoms with Crippen molar-refractivity contribution in [2.75, 3.05) is 37.9 Å². The van der Waals surface area contributed by atoms with Crippen molar-refractivity contribution in [1.29, 1.82) is 0 Å². The number of nitrogens with zero attached hydrogens (tertiary/aromatic N) is 5. The Bertz CT molecular complexity index is 2970. The Balaban J connectivity index is 0.000000293. The summed E-state index contributed by atoms with van der Waals surface area (Å²) in [6.45, 7) is 14.4. The Morgan fingerprint density at radius 2 is 1.31 bits per heavy atom. The zero-order chi connectivity index (χ0) is 58.1. The number of carbonyl (C=O) groups excluding carboxylic acids is 5. The van der Waals surface area contributed by atoms with E-state index >= 15 is 0 Å². The molecular formula is C63H77Cl2N8O7Y-. The van der Waals surface area contributed by atoms with E-state index in [9.17, 15) is 24.0 Å². The number of anilines is 2. The van der Waals surface area contributed by atoms with Gasteiger partial charge in [0.25, 0.3) is 0 Å². The van der Waals surface area contributed by atoms with Crippen LogP contribution >= 0.6 is 23.2 Å². The third kappa shape index (κ3) is 21.1. The Hall–Kier alpha value is -5.91. The van der Waals surface area contributed by atoms with E-state index in [1.807, 2.05) is 66.8 Å². The van der Waals surface area contributed by atoms with Crippen LogP contribution in [0.3, 0.4) is 0 Å². The van der Waals surface area contributed by atoms with Crippen LogP contribution in [0.1, 0.15) is 113 Å². The summed E-state index contributed by atoms with van der Waals surface area (Å²) in [6.07, 6.45) is 14.8. The normalized spacial score (nSPS) is 14.3. The number of carbonyl (C=O) groups is 5. The first-order chi connectivity index (χ1) is 38.5. The molecule has 3 N–H and O–H groups in total. The molecule has 1 fully saturated rings. The van der Waals surface area contributed by atoms with E-state index in [0.717, 1.165) is 73.7 Å². The molecule has 1 radical (unpaired) electrons. The summed E-state index contributed by atoms with van der Waals surface area (Å²) in [5, 5.41) is 9.90. The molecular weight excluding hydrogens is 1140 g/mol. The second-order valence-electron chi connectivity index (χ2n) is 20.1. The van der Waals surface area contributed by atoms with Crippen molar-refractivity contribution in [2.24, 2.45) is 0 Å². The molecule has 0 saturated carbocycles. The van der Waals surface area contributed by atoms with Crippen molar-refractivity contribution in [2.45, 2.75) is 130 Å². The van der Waals surface area contributed by atoms with E-state index < -0.39 is 18.1 Å². The monoisotopic (exact) mass is 1220 g/mol. The Labute approximate surface area is 513 Å². The molecule has 1 unspecified atom stereocenters. The Morgan fingerprint density at radius 1 is 0.753 bits per heavy atom. The maximum absolute atomic E-state index is 12.9. The van der Waals surface area contributed by atoms with Crippen molar-refractivity contribution in [3.63, 3.8) is 0 Å². The molecule has 15 nitrogen and oxygen atoms in total. The quantitative estimate of drug-likeness (QED) is 0.0520. The second kappa shape index (κ2) is 35.2. The number of hydrogen-bond donors (Lipinski definition) is 3. The molecule has 5 aliphatic rings. The van der Waals surface area contributed by atoms with Crippen LogP contribution in [0, 0.1) is 0 Å². The molecule has 4 aromatic carbocycles. The summed E-state index contributed by atoms with van der Waals surface area (Å²) in [4.78, 5) is 74.6. The molecule has 1 saturated heterocycles. The number of amides is 4. The minimum absolute atomic E-state index is 0. The van der Waals surface area contributed by atoms with Crippen LogP contribution in [0.4, 0.5) is 11.4 Å². The minimum atomic E-state index is -0.867. The van der Waals surface area contributed by atoms with Gasteiger partial charge in [0, 0.05) is 102 Å². The summed E-state index contributed by atoms with van der Waals surface area (Å²) in [5.41, 5.74) is 17.5. The van der Waals surface area contributed by atoms with Crippen molar-refractivity contribution in [3.05, 3.63) is 171 Å². The smallest absolute Gasteiger partial charge is 0.246 e. The summed E-state index contributed by atoms with van der Waals surface area (Å²) < 4.78 is 4.75. The average Bonchev–Trinajstić information content (AvgIpc) is 4.01. The number of halogens is 2. The molecule has 4 aliphatic carbocycles. The number of aryl methyl sites for hydroxylation is 4. The second-order valence-corrected chi connectivity index (χ2v) is 21.0. The fraction of sp³-hybridized carbons (Fsp3) is 0.381. The van der Waals surface area contributed by atoms with Crippen molar-refractivity contribution >= 4 is 65.5 Å². The summed E-state index contributed by atoms with van der Waals surface area (Å²) in [5.74, 6) is -0.447. The molecule has 6 aromatic rings. The molecule has 81 heavy (non-hydrogen) atoms. The van der Waals surface area contributed by atoms with Crippen molar-refractivity contribution in [3.8, 4) is 22.3 Å². The standard InChI is InChI=1S/C36H39N3O2.C15H19ClN3O3.C8H9ClN2O.C4H10O.Y/c1-4-19-39(24-40)25(2)36(41)38-33-10-6-8-31(23-33)35-21-27-12-16-28-15-11-26(13-17-29(35)18-14-27)20-34(28)30-7-5-9-32(22-30)37-3;1-10(2)22-18-14(11-6-12(16)8-17-7-11)15(21)19-5-3-4-13(19)9-20;1-6(11-5-12)7-2-8(9)4-10-3-7;1-4(2)5-3;/h5-11,14-15,18,20-25,37H,4,12-13,16-17,19H2,1-3H3,(H,38,41);6-10,13-14H,3-5H2,1-2H3;2-6H,1H3,(H,11,12);4H,1-3H3;/q;-1;;;/t;13-,14-;6-;;/m.01../s1. The molecule has 3 heterocycles. The SMILES string of the molecule is CC(C)O[N-][C@H](C(=O)N1CCC[C@H]1C=O)c1cncc(Cl)c1.CCCN(C=O)C(C)C(=O)Nc1cccc(-c2cc3ccc2CCc2ccc(c(-c4cccc(NC)c4)c2)CC3)c1.COC(C)C.C[C@@H](NC=O)c1cncc(Cl)c1.[Y]. The van der Waals surface area contributed by atoms with Gasteiger partial charge in [0.05, 0.1) is 28.2 Å². The largest absolute Gasteiger partial charge is 0.520 e. The number of hydroxylamine groups is 1. The number of hydrogen-bond acceptors (Lipinski definition) is 10. The maximum atomic E-state index is 12.9. The Kier molecular flexibility index (Phi) is 29.4. The van der Waals surface area contributed by atoms with Crippen LogP contribution in [-0.2, 0) is 91.9 Å². The topological polar surface area (TPSA) is 186 Å². The van der Waals surface area contributed by atoms with Crippen molar-refractivity contribution < 1.29 is 66.3 Å². The van der Waals surface area contributed by atoms with E-state index in [0.29, 0.717) is 47.6 Å². The van der Waals surface area contributed by atoms with Gasteiger partial charge < -0.3 is 45.6 Å². The van der Waals surface area contributed by atoms with Gasteiger partial charge in [0.2, 0.25) is 24.6 Å². The van der Waals surface area contributed by atoms with E-state index in [-0.39, 0.29) is 56.7 Å². The molecule has 1 aliphatic heterocycles. The molecule has 2 aromatic heterocycles. The number of aromatic nitrogens is 2. The number of nitrogens with one attached hydrogen (secondary N) is 3. The fourth-order valence-electron chi connectivity index (χ4n) is 8.93. The summed E-state index contributed by atoms with van der Waals surface area (Å²) >= 11 is 11.7. The molecule has 4 atom stereocenters. The number of pyridine rings is 2. The predicted molar refractivity (Wildman–Crippen MR) is 321 cm³/mol. The third-order valence-electron chi connectivity index (χ3n) is 13.5. The average molecular weight is 1220 g/mol. The van der Waals surface area contributed by atoms with Crippen LogP contribution < -0.4 is 16.0 Å². The van der Waals surface area contributed by atoms with Gasteiger partial charge in [-0.3, -0.25) is 29.1 Å². The zero-order valence-electron chi connectivity index (χ0n) is 48.0.